The van der Waals surface area contributed by atoms with E-state index >= 15 is 0 Å². The van der Waals surface area contributed by atoms with Gasteiger partial charge in [-0.05, 0) is 19.7 Å². The second-order valence-corrected chi connectivity index (χ2v) is 4.10. The number of alkyl halides is 1. The molecule has 88 valence electrons. The molecule has 1 aromatic rings. The summed E-state index contributed by atoms with van der Waals surface area (Å²) in [7, 11) is 3.98. The summed E-state index contributed by atoms with van der Waals surface area (Å²) in [6, 6.07) is 10.3. The summed E-state index contributed by atoms with van der Waals surface area (Å²) < 4.78 is 0. The molecule has 4 heteroatoms. The summed E-state index contributed by atoms with van der Waals surface area (Å²) in [5.41, 5.74) is 1.18. The molecule has 0 unspecified atom stereocenters. The molecule has 0 aromatic heterocycles. The number of hydrogen-bond donors (Lipinski definition) is 1. The number of benzene rings is 1. The first-order valence-corrected chi connectivity index (χ1v) is 5.72. The quantitative estimate of drug-likeness (QED) is 0.794. The number of nitrogens with zero attached hydrogens (tertiary/aromatic N) is 1. The van der Waals surface area contributed by atoms with E-state index in [-0.39, 0.29) is 17.8 Å². The van der Waals surface area contributed by atoms with E-state index in [0.717, 1.165) is 0 Å². The van der Waals surface area contributed by atoms with Crippen LogP contribution in [0.2, 0.25) is 0 Å². The normalized spacial score (nSPS) is 12.5. The lowest BCUT2D eigenvalue weighted by Gasteiger charge is -2.24. The third-order valence-electron chi connectivity index (χ3n) is 2.42. The van der Waals surface area contributed by atoms with Crippen LogP contribution in [0.1, 0.15) is 11.6 Å². The van der Waals surface area contributed by atoms with Crippen molar-refractivity contribution in [3.63, 3.8) is 0 Å². The first kappa shape index (κ1) is 13.0. The van der Waals surface area contributed by atoms with Crippen LogP contribution in [0.25, 0.3) is 0 Å². The van der Waals surface area contributed by atoms with Gasteiger partial charge >= 0.3 is 0 Å². The number of hydrogen-bond acceptors (Lipinski definition) is 2. The van der Waals surface area contributed by atoms with E-state index in [1.54, 1.807) is 0 Å². The van der Waals surface area contributed by atoms with Gasteiger partial charge in [-0.1, -0.05) is 30.3 Å². The number of halogens is 1. The Bertz CT molecular complexity index is 327. The van der Waals surface area contributed by atoms with Crippen LogP contribution in [0.3, 0.4) is 0 Å². The van der Waals surface area contributed by atoms with Crippen LogP contribution in [0.15, 0.2) is 30.3 Å². The van der Waals surface area contributed by atoms with Crippen molar-refractivity contribution in [3.8, 4) is 0 Å². The molecule has 0 aliphatic rings. The molecule has 1 atom stereocenters. The second-order valence-electron chi connectivity index (χ2n) is 3.83. The van der Waals surface area contributed by atoms with Crippen molar-refractivity contribution in [2.24, 2.45) is 0 Å². The highest BCUT2D eigenvalue weighted by Crippen LogP contribution is 2.16. The zero-order valence-electron chi connectivity index (χ0n) is 9.61. The van der Waals surface area contributed by atoms with Crippen LogP contribution in [-0.4, -0.2) is 37.3 Å². The van der Waals surface area contributed by atoms with Gasteiger partial charge in [0, 0.05) is 6.54 Å². The van der Waals surface area contributed by atoms with Crippen LogP contribution >= 0.6 is 11.6 Å². The Hall–Kier alpha value is -1.06. The van der Waals surface area contributed by atoms with Gasteiger partial charge in [0.05, 0.1) is 6.04 Å². The van der Waals surface area contributed by atoms with Gasteiger partial charge < -0.3 is 10.2 Å². The molecule has 1 amide bonds. The first-order valence-electron chi connectivity index (χ1n) is 5.19. The SMILES string of the molecule is CN(C)[C@H](CNC(=O)CCl)c1ccccc1. The van der Waals surface area contributed by atoms with Crippen LogP contribution in [0.4, 0.5) is 0 Å². The van der Waals surface area contributed by atoms with E-state index in [9.17, 15) is 4.79 Å². The van der Waals surface area contributed by atoms with Crippen molar-refractivity contribution >= 4 is 17.5 Å². The van der Waals surface area contributed by atoms with Gasteiger partial charge in [0.2, 0.25) is 5.91 Å². The Morgan fingerprint density at radius 3 is 2.50 bits per heavy atom. The van der Waals surface area contributed by atoms with Crippen molar-refractivity contribution in [2.75, 3.05) is 26.5 Å². The fourth-order valence-electron chi connectivity index (χ4n) is 1.53. The van der Waals surface area contributed by atoms with Gasteiger partial charge in [-0.2, -0.15) is 0 Å². The Kier molecular flexibility index (Phi) is 5.29. The minimum atomic E-state index is -0.135. The lowest BCUT2D eigenvalue weighted by molar-refractivity contribution is -0.118. The molecule has 16 heavy (non-hydrogen) atoms. The second kappa shape index (κ2) is 6.51. The van der Waals surface area contributed by atoms with Gasteiger partial charge in [-0.15, -0.1) is 11.6 Å². The zero-order valence-corrected chi connectivity index (χ0v) is 10.4. The van der Waals surface area contributed by atoms with E-state index in [1.165, 1.54) is 5.56 Å². The summed E-state index contributed by atoms with van der Waals surface area (Å²) >= 11 is 5.44. The molecule has 1 rings (SSSR count). The standard InChI is InChI=1S/C12H17ClN2O/c1-15(2)11(9-14-12(16)8-13)10-6-4-3-5-7-10/h3-7,11H,8-9H2,1-2H3,(H,14,16)/t11-/m1/s1. The Balaban J connectivity index is 2.66. The van der Waals surface area contributed by atoms with Gasteiger partial charge in [0.15, 0.2) is 0 Å². The molecule has 0 bridgehead atoms. The van der Waals surface area contributed by atoms with Gasteiger partial charge in [-0.25, -0.2) is 0 Å². The third-order valence-corrected chi connectivity index (χ3v) is 2.66. The van der Waals surface area contributed by atoms with Gasteiger partial charge in [0.25, 0.3) is 0 Å². The maximum absolute atomic E-state index is 11.1. The smallest absolute Gasteiger partial charge is 0.234 e. The van der Waals surface area contributed by atoms with E-state index in [2.05, 4.69) is 22.3 Å². The summed E-state index contributed by atoms with van der Waals surface area (Å²) in [5, 5.41) is 2.80. The molecule has 0 fully saturated rings. The zero-order chi connectivity index (χ0) is 12.0. The van der Waals surface area contributed by atoms with Crippen molar-refractivity contribution < 1.29 is 4.79 Å². The molecule has 0 saturated carbocycles. The van der Waals surface area contributed by atoms with Crippen LogP contribution in [-0.2, 0) is 4.79 Å². The third kappa shape index (κ3) is 3.83. The molecule has 0 radical (unpaired) electrons. The van der Waals surface area contributed by atoms with Crippen LogP contribution in [0.5, 0.6) is 0 Å². The highest BCUT2D eigenvalue weighted by molar-refractivity contribution is 6.27. The number of carbonyl (C=O) groups is 1. The minimum Gasteiger partial charge on any atom is -0.353 e. The van der Waals surface area contributed by atoms with E-state index in [4.69, 9.17) is 11.6 Å². The maximum atomic E-state index is 11.1. The van der Waals surface area contributed by atoms with Crippen molar-refractivity contribution in [1.82, 2.24) is 10.2 Å². The fourth-order valence-corrected chi connectivity index (χ4v) is 1.63. The van der Waals surface area contributed by atoms with Gasteiger partial charge in [0.1, 0.15) is 5.88 Å². The lowest BCUT2D eigenvalue weighted by atomic mass is 10.1. The summed E-state index contributed by atoms with van der Waals surface area (Å²) in [4.78, 5) is 13.2. The molecular weight excluding hydrogens is 224 g/mol. The molecular formula is C12H17ClN2O. The van der Waals surface area contributed by atoms with E-state index in [1.807, 2.05) is 32.3 Å². The molecule has 0 spiro atoms. The predicted molar refractivity (Wildman–Crippen MR) is 66.6 cm³/mol. The fraction of sp³-hybridized carbons (Fsp3) is 0.417. The summed E-state index contributed by atoms with van der Waals surface area (Å²) in [6.45, 7) is 0.572. The molecule has 0 aliphatic carbocycles. The number of rotatable bonds is 5. The molecule has 0 heterocycles. The van der Waals surface area contributed by atoms with Crippen molar-refractivity contribution in [3.05, 3.63) is 35.9 Å². The van der Waals surface area contributed by atoms with Crippen molar-refractivity contribution in [1.29, 1.82) is 0 Å². The molecule has 0 aliphatic heterocycles. The van der Waals surface area contributed by atoms with Crippen molar-refractivity contribution in [2.45, 2.75) is 6.04 Å². The number of carbonyl (C=O) groups excluding carboxylic acids is 1. The first-order chi connectivity index (χ1) is 7.65. The van der Waals surface area contributed by atoms with Crippen LogP contribution < -0.4 is 5.32 Å². The number of amides is 1. The molecule has 1 N–H and O–H groups in total. The predicted octanol–water partition coefficient (Wildman–Crippen LogP) is 1.64. The monoisotopic (exact) mass is 240 g/mol. The average Bonchev–Trinajstić information content (AvgIpc) is 2.30. The Morgan fingerprint density at radius 1 is 1.38 bits per heavy atom. The number of likely N-dealkylation sites (N-methyl/N-ethyl adjacent to an activating group) is 1. The summed E-state index contributed by atoms with van der Waals surface area (Å²) in [5.74, 6) is -0.126. The highest BCUT2D eigenvalue weighted by Gasteiger charge is 2.14. The molecule has 3 nitrogen and oxygen atoms in total. The lowest BCUT2D eigenvalue weighted by Crippen LogP contribution is -2.35. The van der Waals surface area contributed by atoms with Crippen LogP contribution in [0, 0.1) is 0 Å². The largest absolute Gasteiger partial charge is 0.353 e. The van der Waals surface area contributed by atoms with E-state index < -0.39 is 0 Å². The number of nitrogens with one attached hydrogen (secondary N) is 1. The summed E-state index contributed by atoms with van der Waals surface area (Å²) in [6.07, 6.45) is 0. The topological polar surface area (TPSA) is 32.3 Å². The maximum Gasteiger partial charge on any atom is 0.234 e. The Labute approximate surface area is 101 Å². The van der Waals surface area contributed by atoms with Gasteiger partial charge in [-0.3, -0.25) is 4.79 Å². The highest BCUT2D eigenvalue weighted by atomic mass is 35.5. The van der Waals surface area contributed by atoms with E-state index in [0.29, 0.717) is 6.54 Å². The average molecular weight is 241 g/mol. The Morgan fingerprint density at radius 2 is 2.00 bits per heavy atom. The molecule has 1 aromatic carbocycles. The minimum absolute atomic E-state index is 0.00887. The molecule has 0 saturated heterocycles.